The SMILES string of the molecule is CCOc1ccc(C2=C(Nc3ccc(F)cc3)C(=O)N(C)C2=O)cc1. The van der Waals surface area contributed by atoms with E-state index in [2.05, 4.69) is 5.32 Å². The van der Waals surface area contributed by atoms with E-state index < -0.39 is 11.8 Å². The quantitative estimate of drug-likeness (QED) is 0.850. The maximum atomic E-state index is 13.1. The predicted octanol–water partition coefficient (Wildman–Crippen LogP) is 3.05. The molecule has 2 aromatic rings. The first-order valence-electron chi connectivity index (χ1n) is 7.83. The first-order chi connectivity index (χ1) is 12.0. The van der Waals surface area contributed by atoms with Crippen molar-refractivity contribution in [2.75, 3.05) is 19.0 Å². The highest BCUT2D eigenvalue weighted by molar-refractivity contribution is 6.36. The van der Waals surface area contributed by atoms with E-state index in [1.165, 1.54) is 31.3 Å². The smallest absolute Gasteiger partial charge is 0.277 e. The van der Waals surface area contributed by atoms with E-state index in [0.717, 1.165) is 4.90 Å². The van der Waals surface area contributed by atoms with Gasteiger partial charge in [0.25, 0.3) is 11.8 Å². The van der Waals surface area contributed by atoms with Crippen molar-refractivity contribution in [2.24, 2.45) is 0 Å². The lowest BCUT2D eigenvalue weighted by molar-refractivity contribution is -0.135. The van der Waals surface area contributed by atoms with Gasteiger partial charge in [-0.25, -0.2) is 4.39 Å². The molecule has 0 radical (unpaired) electrons. The van der Waals surface area contributed by atoms with Crippen LogP contribution in [0.1, 0.15) is 12.5 Å². The Balaban J connectivity index is 2.00. The van der Waals surface area contributed by atoms with Crippen LogP contribution in [0.15, 0.2) is 54.2 Å². The Hall–Kier alpha value is -3.15. The Kier molecular flexibility index (Phi) is 4.52. The molecule has 1 aliphatic rings. The third-order valence-electron chi connectivity index (χ3n) is 3.85. The zero-order chi connectivity index (χ0) is 18.0. The Bertz CT molecular complexity index is 842. The van der Waals surface area contributed by atoms with E-state index in [-0.39, 0.29) is 17.1 Å². The normalized spacial score (nSPS) is 14.3. The lowest BCUT2D eigenvalue weighted by Crippen LogP contribution is -2.27. The summed E-state index contributed by atoms with van der Waals surface area (Å²) in [5, 5.41) is 2.94. The minimum absolute atomic E-state index is 0.170. The number of hydrogen-bond acceptors (Lipinski definition) is 4. The maximum Gasteiger partial charge on any atom is 0.277 e. The van der Waals surface area contributed by atoms with Gasteiger partial charge in [0, 0.05) is 12.7 Å². The van der Waals surface area contributed by atoms with Gasteiger partial charge in [-0.15, -0.1) is 0 Å². The number of benzene rings is 2. The molecular weight excluding hydrogens is 323 g/mol. The molecule has 0 saturated carbocycles. The highest BCUT2D eigenvalue weighted by Gasteiger charge is 2.36. The third-order valence-corrected chi connectivity index (χ3v) is 3.85. The van der Waals surface area contributed by atoms with Gasteiger partial charge in [-0.1, -0.05) is 12.1 Å². The van der Waals surface area contributed by atoms with Crippen LogP contribution in [0.5, 0.6) is 5.75 Å². The van der Waals surface area contributed by atoms with Crippen molar-refractivity contribution in [1.29, 1.82) is 0 Å². The fourth-order valence-corrected chi connectivity index (χ4v) is 2.59. The Morgan fingerprint density at radius 3 is 2.24 bits per heavy atom. The summed E-state index contributed by atoms with van der Waals surface area (Å²) in [5.41, 5.74) is 1.58. The number of likely N-dealkylation sites (N-methyl/N-ethyl adjacent to an activating group) is 1. The molecule has 25 heavy (non-hydrogen) atoms. The van der Waals surface area contributed by atoms with Crippen molar-refractivity contribution in [3.8, 4) is 5.75 Å². The molecule has 0 saturated heterocycles. The summed E-state index contributed by atoms with van der Waals surface area (Å²) in [6.45, 7) is 2.43. The van der Waals surface area contributed by atoms with Gasteiger partial charge in [-0.2, -0.15) is 0 Å². The number of nitrogens with one attached hydrogen (secondary N) is 1. The average molecular weight is 340 g/mol. The van der Waals surface area contributed by atoms with Crippen LogP contribution in [0.25, 0.3) is 5.57 Å². The molecule has 0 fully saturated rings. The Labute approximate surface area is 144 Å². The van der Waals surface area contributed by atoms with E-state index in [0.29, 0.717) is 23.6 Å². The first kappa shape index (κ1) is 16.7. The second kappa shape index (κ2) is 6.76. The monoisotopic (exact) mass is 340 g/mol. The van der Waals surface area contributed by atoms with Crippen molar-refractivity contribution in [3.05, 3.63) is 65.6 Å². The van der Waals surface area contributed by atoms with Crippen molar-refractivity contribution in [3.63, 3.8) is 0 Å². The van der Waals surface area contributed by atoms with Crippen molar-refractivity contribution < 1.29 is 18.7 Å². The van der Waals surface area contributed by atoms with Crippen molar-refractivity contribution >= 4 is 23.1 Å². The summed E-state index contributed by atoms with van der Waals surface area (Å²) < 4.78 is 18.5. The van der Waals surface area contributed by atoms with Crippen LogP contribution in [-0.4, -0.2) is 30.4 Å². The molecule has 3 rings (SSSR count). The molecule has 0 atom stereocenters. The van der Waals surface area contributed by atoms with E-state index in [4.69, 9.17) is 4.74 Å². The number of nitrogens with zero attached hydrogens (tertiary/aromatic N) is 1. The van der Waals surface area contributed by atoms with E-state index >= 15 is 0 Å². The fraction of sp³-hybridized carbons (Fsp3) is 0.158. The molecule has 1 N–H and O–H groups in total. The summed E-state index contributed by atoms with van der Waals surface area (Å²) >= 11 is 0. The van der Waals surface area contributed by atoms with Crippen molar-refractivity contribution in [2.45, 2.75) is 6.92 Å². The summed E-state index contributed by atoms with van der Waals surface area (Å²) in [5.74, 6) is -0.515. The van der Waals surface area contributed by atoms with Crippen LogP contribution < -0.4 is 10.1 Å². The summed E-state index contributed by atoms with van der Waals surface area (Å²) in [6, 6.07) is 12.5. The van der Waals surface area contributed by atoms with Crippen LogP contribution in [0.2, 0.25) is 0 Å². The third kappa shape index (κ3) is 3.24. The van der Waals surface area contributed by atoms with Crippen LogP contribution in [0.4, 0.5) is 10.1 Å². The molecule has 5 nitrogen and oxygen atoms in total. The molecule has 1 heterocycles. The minimum Gasteiger partial charge on any atom is -0.494 e. The zero-order valence-corrected chi connectivity index (χ0v) is 13.9. The number of carbonyl (C=O) groups is 2. The van der Waals surface area contributed by atoms with Crippen LogP contribution in [-0.2, 0) is 9.59 Å². The van der Waals surface area contributed by atoms with Crippen LogP contribution in [0.3, 0.4) is 0 Å². The molecule has 128 valence electrons. The zero-order valence-electron chi connectivity index (χ0n) is 13.9. The summed E-state index contributed by atoms with van der Waals surface area (Å²) in [4.78, 5) is 26.0. The number of hydrogen-bond donors (Lipinski definition) is 1. The molecule has 0 aromatic heterocycles. The van der Waals surface area contributed by atoms with Gasteiger partial charge in [-0.3, -0.25) is 14.5 Å². The van der Waals surface area contributed by atoms with Crippen molar-refractivity contribution in [1.82, 2.24) is 4.90 Å². The first-order valence-corrected chi connectivity index (χ1v) is 7.83. The van der Waals surface area contributed by atoms with Crippen LogP contribution >= 0.6 is 0 Å². The second-order valence-electron chi connectivity index (χ2n) is 5.51. The van der Waals surface area contributed by atoms with Crippen LogP contribution in [0, 0.1) is 5.82 Å². The molecule has 0 unspecified atom stereocenters. The van der Waals surface area contributed by atoms with Gasteiger partial charge in [0.1, 0.15) is 17.3 Å². The number of ether oxygens (including phenoxy) is 1. The summed E-state index contributed by atoms with van der Waals surface area (Å²) in [7, 11) is 1.43. The number of halogens is 1. The van der Waals surface area contributed by atoms with Gasteiger partial charge in [0.05, 0.1) is 12.2 Å². The maximum absolute atomic E-state index is 13.1. The summed E-state index contributed by atoms with van der Waals surface area (Å²) in [6.07, 6.45) is 0. The number of rotatable bonds is 5. The number of anilines is 1. The van der Waals surface area contributed by atoms with Gasteiger partial charge in [0.15, 0.2) is 0 Å². The molecule has 0 bridgehead atoms. The molecular formula is C19H17FN2O3. The Morgan fingerprint density at radius 1 is 1.00 bits per heavy atom. The highest BCUT2D eigenvalue weighted by atomic mass is 19.1. The second-order valence-corrected chi connectivity index (χ2v) is 5.51. The number of imide groups is 1. The number of carbonyl (C=O) groups excluding carboxylic acids is 2. The number of amides is 2. The molecule has 0 aliphatic carbocycles. The predicted molar refractivity (Wildman–Crippen MR) is 92.3 cm³/mol. The largest absolute Gasteiger partial charge is 0.494 e. The molecule has 2 amide bonds. The van der Waals surface area contributed by atoms with E-state index in [9.17, 15) is 14.0 Å². The van der Waals surface area contributed by atoms with Gasteiger partial charge < -0.3 is 10.1 Å². The molecule has 1 aliphatic heterocycles. The average Bonchev–Trinajstić information content (AvgIpc) is 2.82. The minimum atomic E-state index is -0.432. The van der Waals surface area contributed by atoms with E-state index in [1.807, 2.05) is 6.92 Å². The fourth-order valence-electron chi connectivity index (χ4n) is 2.59. The topological polar surface area (TPSA) is 58.6 Å². The lowest BCUT2D eigenvalue weighted by Gasteiger charge is -2.09. The molecule has 6 heteroatoms. The standard InChI is InChI=1S/C19H17FN2O3/c1-3-25-15-10-4-12(5-11-15)16-17(19(24)22(2)18(16)23)21-14-8-6-13(20)7-9-14/h4-11,21H,3H2,1-2H3. The lowest BCUT2D eigenvalue weighted by atomic mass is 10.0. The van der Waals surface area contributed by atoms with Gasteiger partial charge >= 0.3 is 0 Å². The Morgan fingerprint density at radius 2 is 1.64 bits per heavy atom. The molecule has 0 spiro atoms. The van der Waals surface area contributed by atoms with Gasteiger partial charge in [0.2, 0.25) is 0 Å². The highest BCUT2D eigenvalue weighted by Crippen LogP contribution is 2.30. The van der Waals surface area contributed by atoms with Gasteiger partial charge in [-0.05, 0) is 48.9 Å². The van der Waals surface area contributed by atoms with E-state index in [1.54, 1.807) is 24.3 Å². The molecule has 2 aromatic carbocycles.